The van der Waals surface area contributed by atoms with Crippen molar-refractivity contribution >= 4 is 0 Å². The van der Waals surface area contributed by atoms with E-state index in [1.54, 1.807) is 0 Å². The Morgan fingerprint density at radius 2 is 1.83 bits per heavy atom. The maximum absolute atomic E-state index is 8.42. The topological polar surface area (TPSA) is 33.0 Å². The molecule has 2 heteroatoms. The largest absolute Gasteiger partial charge is 0.494 e. The van der Waals surface area contributed by atoms with Crippen molar-refractivity contribution in [2.24, 2.45) is 0 Å². The highest BCUT2D eigenvalue weighted by Crippen LogP contribution is 2.28. The van der Waals surface area contributed by atoms with Crippen molar-refractivity contribution in [1.29, 1.82) is 5.26 Å². The van der Waals surface area contributed by atoms with Crippen molar-refractivity contribution in [2.45, 2.75) is 51.9 Å². The summed E-state index contributed by atoms with van der Waals surface area (Å²) in [6, 6.07) is 10.5. The smallest absolute Gasteiger partial charge is 0.119 e. The summed E-state index contributed by atoms with van der Waals surface area (Å²) < 4.78 is 5.64. The fraction of sp³-hybridized carbons (Fsp3) is 0.562. The first-order chi connectivity index (χ1) is 8.60. The number of unbranched alkanes of at least 4 members (excludes halogenated alkanes) is 2. The van der Waals surface area contributed by atoms with Gasteiger partial charge in [0.05, 0.1) is 12.7 Å². The van der Waals surface area contributed by atoms with Gasteiger partial charge in [0.2, 0.25) is 0 Å². The van der Waals surface area contributed by atoms with Gasteiger partial charge in [0.15, 0.2) is 0 Å². The molecular formula is C16H23NO. The SMILES string of the molecule is CCC(C)(C)c1ccc(OCCCCC#N)cc1. The number of benzene rings is 1. The molecule has 2 nitrogen and oxygen atoms in total. The van der Waals surface area contributed by atoms with E-state index in [4.69, 9.17) is 10.00 Å². The monoisotopic (exact) mass is 245 g/mol. The molecule has 0 saturated carbocycles. The number of ether oxygens (including phenoxy) is 1. The average Bonchev–Trinajstić information content (AvgIpc) is 2.39. The lowest BCUT2D eigenvalue weighted by Crippen LogP contribution is -2.15. The molecule has 0 saturated heterocycles. The second-order valence-electron chi connectivity index (χ2n) is 5.23. The standard InChI is InChI=1S/C16H23NO/c1-4-16(2,3)14-8-10-15(11-9-14)18-13-7-5-6-12-17/h8-11H,4-7,13H2,1-3H3. The van der Waals surface area contributed by atoms with Crippen LogP contribution in [-0.4, -0.2) is 6.61 Å². The predicted octanol–water partition coefficient (Wildman–Crippen LogP) is 4.45. The second-order valence-corrected chi connectivity index (χ2v) is 5.23. The highest BCUT2D eigenvalue weighted by molar-refractivity contribution is 5.31. The molecule has 0 atom stereocenters. The van der Waals surface area contributed by atoms with Crippen LogP contribution in [0.4, 0.5) is 0 Å². The van der Waals surface area contributed by atoms with E-state index in [0.717, 1.165) is 25.0 Å². The molecule has 0 aliphatic carbocycles. The van der Waals surface area contributed by atoms with Crippen molar-refractivity contribution in [1.82, 2.24) is 0 Å². The normalized spacial score (nSPS) is 11.0. The first-order valence-corrected chi connectivity index (χ1v) is 6.70. The van der Waals surface area contributed by atoms with Gasteiger partial charge < -0.3 is 4.74 Å². The van der Waals surface area contributed by atoms with E-state index in [1.165, 1.54) is 5.56 Å². The van der Waals surface area contributed by atoms with Gasteiger partial charge in [-0.3, -0.25) is 0 Å². The molecule has 0 aromatic heterocycles. The van der Waals surface area contributed by atoms with Crippen molar-refractivity contribution in [3.8, 4) is 11.8 Å². The Morgan fingerprint density at radius 1 is 1.17 bits per heavy atom. The van der Waals surface area contributed by atoms with Crippen LogP contribution in [0.2, 0.25) is 0 Å². The summed E-state index contributed by atoms with van der Waals surface area (Å²) in [5.74, 6) is 0.919. The summed E-state index contributed by atoms with van der Waals surface area (Å²) in [4.78, 5) is 0. The summed E-state index contributed by atoms with van der Waals surface area (Å²) in [7, 11) is 0. The van der Waals surface area contributed by atoms with Gasteiger partial charge in [-0.05, 0) is 42.4 Å². The van der Waals surface area contributed by atoms with Gasteiger partial charge in [0, 0.05) is 6.42 Å². The van der Waals surface area contributed by atoms with Gasteiger partial charge in [-0.15, -0.1) is 0 Å². The highest BCUT2D eigenvalue weighted by Gasteiger charge is 2.17. The molecule has 0 heterocycles. The molecule has 0 amide bonds. The molecule has 1 aromatic carbocycles. The molecule has 0 aliphatic heterocycles. The van der Waals surface area contributed by atoms with E-state index in [0.29, 0.717) is 13.0 Å². The number of nitrogens with zero attached hydrogens (tertiary/aromatic N) is 1. The Kier molecular flexibility index (Phi) is 5.71. The molecule has 18 heavy (non-hydrogen) atoms. The number of rotatable bonds is 7. The molecule has 0 N–H and O–H groups in total. The Hall–Kier alpha value is -1.49. The summed E-state index contributed by atoms with van der Waals surface area (Å²) in [5, 5.41) is 8.42. The van der Waals surface area contributed by atoms with Crippen LogP contribution in [-0.2, 0) is 5.41 Å². The molecule has 0 spiro atoms. The molecule has 1 rings (SSSR count). The third-order valence-electron chi connectivity index (χ3n) is 3.47. The predicted molar refractivity (Wildman–Crippen MR) is 74.7 cm³/mol. The minimum absolute atomic E-state index is 0.228. The fourth-order valence-electron chi connectivity index (χ4n) is 1.70. The first-order valence-electron chi connectivity index (χ1n) is 6.70. The van der Waals surface area contributed by atoms with Gasteiger partial charge in [0.1, 0.15) is 5.75 Å². The molecule has 0 fully saturated rings. The van der Waals surface area contributed by atoms with Crippen LogP contribution in [0.5, 0.6) is 5.75 Å². The van der Waals surface area contributed by atoms with Crippen molar-refractivity contribution in [2.75, 3.05) is 6.61 Å². The molecule has 1 aromatic rings. The van der Waals surface area contributed by atoms with E-state index in [1.807, 2.05) is 12.1 Å². The zero-order valence-corrected chi connectivity index (χ0v) is 11.7. The van der Waals surface area contributed by atoms with E-state index in [-0.39, 0.29) is 5.41 Å². The number of hydrogen-bond acceptors (Lipinski definition) is 2. The summed E-state index contributed by atoms with van der Waals surface area (Å²) in [6.07, 6.45) is 3.60. The highest BCUT2D eigenvalue weighted by atomic mass is 16.5. The molecular weight excluding hydrogens is 222 g/mol. The molecule has 98 valence electrons. The van der Waals surface area contributed by atoms with Crippen molar-refractivity contribution < 1.29 is 4.74 Å². The lowest BCUT2D eigenvalue weighted by Gasteiger charge is -2.23. The second kappa shape index (κ2) is 7.06. The zero-order chi connectivity index (χ0) is 13.4. The zero-order valence-electron chi connectivity index (χ0n) is 11.7. The third-order valence-corrected chi connectivity index (χ3v) is 3.47. The van der Waals surface area contributed by atoms with Crippen LogP contribution in [0.25, 0.3) is 0 Å². The van der Waals surface area contributed by atoms with Gasteiger partial charge in [0.25, 0.3) is 0 Å². The van der Waals surface area contributed by atoms with Crippen LogP contribution in [0, 0.1) is 11.3 Å². The van der Waals surface area contributed by atoms with E-state index in [9.17, 15) is 0 Å². The fourth-order valence-corrected chi connectivity index (χ4v) is 1.70. The van der Waals surface area contributed by atoms with Gasteiger partial charge >= 0.3 is 0 Å². The molecule has 0 bridgehead atoms. The quantitative estimate of drug-likeness (QED) is 0.665. The van der Waals surface area contributed by atoms with Gasteiger partial charge in [-0.1, -0.05) is 32.9 Å². The van der Waals surface area contributed by atoms with Gasteiger partial charge in [-0.2, -0.15) is 5.26 Å². The minimum Gasteiger partial charge on any atom is -0.494 e. The van der Waals surface area contributed by atoms with Gasteiger partial charge in [-0.25, -0.2) is 0 Å². The Balaban J connectivity index is 2.44. The summed E-state index contributed by atoms with van der Waals surface area (Å²) >= 11 is 0. The Morgan fingerprint density at radius 3 is 2.39 bits per heavy atom. The Bertz CT molecular complexity index is 387. The van der Waals surface area contributed by atoms with E-state index in [2.05, 4.69) is 39.0 Å². The number of hydrogen-bond donors (Lipinski definition) is 0. The van der Waals surface area contributed by atoms with Crippen molar-refractivity contribution in [3.63, 3.8) is 0 Å². The molecule has 0 radical (unpaired) electrons. The lowest BCUT2D eigenvalue weighted by atomic mass is 9.82. The molecule has 0 unspecified atom stereocenters. The Labute approximate surface area is 111 Å². The van der Waals surface area contributed by atoms with Crippen LogP contribution in [0.3, 0.4) is 0 Å². The average molecular weight is 245 g/mol. The first kappa shape index (κ1) is 14.6. The van der Waals surface area contributed by atoms with Crippen LogP contribution >= 0.6 is 0 Å². The summed E-state index contributed by atoms with van der Waals surface area (Å²) in [5.41, 5.74) is 1.58. The lowest BCUT2D eigenvalue weighted by molar-refractivity contribution is 0.307. The van der Waals surface area contributed by atoms with E-state index < -0.39 is 0 Å². The maximum Gasteiger partial charge on any atom is 0.119 e. The van der Waals surface area contributed by atoms with Crippen LogP contribution in [0.15, 0.2) is 24.3 Å². The third kappa shape index (κ3) is 4.41. The minimum atomic E-state index is 0.228. The van der Waals surface area contributed by atoms with E-state index >= 15 is 0 Å². The molecule has 0 aliphatic rings. The maximum atomic E-state index is 8.42. The van der Waals surface area contributed by atoms with Crippen molar-refractivity contribution in [3.05, 3.63) is 29.8 Å². The van der Waals surface area contributed by atoms with Crippen LogP contribution < -0.4 is 4.74 Å². The number of nitriles is 1. The van der Waals surface area contributed by atoms with Crippen LogP contribution in [0.1, 0.15) is 52.0 Å². The summed E-state index contributed by atoms with van der Waals surface area (Å²) in [6.45, 7) is 7.41.